The molecule has 112 valence electrons. The Hall–Kier alpha value is -2.08. The number of hydrogen-bond acceptors (Lipinski definition) is 2. The lowest BCUT2D eigenvalue weighted by molar-refractivity contribution is -0.137. The Bertz CT molecular complexity index is 625. The van der Waals surface area contributed by atoms with Gasteiger partial charge >= 0.3 is 6.18 Å². The van der Waals surface area contributed by atoms with Gasteiger partial charge in [0.05, 0.1) is 5.56 Å². The number of para-hydroxylation sites is 1. The summed E-state index contributed by atoms with van der Waals surface area (Å²) in [4.78, 5) is 0. The lowest BCUT2D eigenvalue weighted by Gasteiger charge is -2.12. The van der Waals surface area contributed by atoms with Crippen LogP contribution in [0.5, 0.6) is 5.75 Å². The summed E-state index contributed by atoms with van der Waals surface area (Å²) >= 11 is 0. The average molecular weight is 299 g/mol. The van der Waals surface area contributed by atoms with Gasteiger partial charge in [-0.3, -0.25) is 0 Å². The van der Waals surface area contributed by atoms with Gasteiger partial charge in [0.25, 0.3) is 0 Å². The van der Waals surface area contributed by atoms with Gasteiger partial charge in [0.2, 0.25) is 0 Å². The Balaban J connectivity index is 2.18. The van der Waals surface area contributed by atoms with Crippen molar-refractivity contribution in [1.29, 1.82) is 0 Å². The fraction of sp³-hybridized carbons (Fsp3) is 0.200. The van der Waals surface area contributed by atoms with Crippen molar-refractivity contribution in [3.05, 3.63) is 65.0 Å². The van der Waals surface area contributed by atoms with Crippen molar-refractivity contribution < 1.29 is 22.3 Å². The molecule has 0 aliphatic carbocycles. The lowest BCUT2D eigenvalue weighted by atomic mass is 10.1. The van der Waals surface area contributed by atoms with E-state index < -0.39 is 17.6 Å². The molecule has 6 heteroatoms. The second-order valence-corrected chi connectivity index (χ2v) is 4.42. The summed E-state index contributed by atoms with van der Waals surface area (Å²) in [5, 5.41) is 0. The van der Waals surface area contributed by atoms with E-state index in [1.807, 2.05) is 0 Å². The molecule has 0 aliphatic heterocycles. The molecular formula is C15H13F4NO. The van der Waals surface area contributed by atoms with E-state index in [0.717, 1.165) is 12.1 Å². The van der Waals surface area contributed by atoms with Crippen LogP contribution in [0.4, 0.5) is 17.6 Å². The zero-order valence-corrected chi connectivity index (χ0v) is 11.0. The Morgan fingerprint density at radius 3 is 2.43 bits per heavy atom. The highest BCUT2D eigenvalue weighted by Gasteiger charge is 2.30. The van der Waals surface area contributed by atoms with Crippen LogP contribution in [0.3, 0.4) is 0 Å². The zero-order valence-electron chi connectivity index (χ0n) is 11.0. The maximum Gasteiger partial charge on any atom is 0.416 e. The highest BCUT2D eigenvalue weighted by Crippen LogP contribution is 2.30. The van der Waals surface area contributed by atoms with Gasteiger partial charge in [0, 0.05) is 12.1 Å². The smallest absolute Gasteiger partial charge is 0.416 e. The molecule has 0 heterocycles. The third kappa shape index (κ3) is 3.72. The number of hydrogen-bond donors (Lipinski definition) is 1. The molecule has 21 heavy (non-hydrogen) atoms. The van der Waals surface area contributed by atoms with Gasteiger partial charge in [0.1, 0.15) is 6.61 Å². The maximum atomic E-state index is 13.6. The number of halogens is 4. The summed E-state index contributed by atoms with van der Waals surface area (Å²) in [5.41, 5.74) is 5.47. The Labute approximate surface area is 119 Å². The van der Waals surface area contributed by atoms with Crippen LogP contribution in [0, 0.1) is 5.82 Å². The standard InChI is InChI=1S/C15H13F4NO/c16-13-6-2-4-11(8-20)14(13)21-9-10-3-1-5-12(7-10)15(17,18)19/h1-7H,8-9,20H2. The molecule has 0 saturated heterocycles. The predicted octanol–water partition coefficient (Wildman–Crippen LogP) is 3.88. The molecule has 0 aromatic heterocycles. The molecular weight excluding hydrogens is 286 g/mol. The van der Waals surface area contributed by atoms with E-state index in [0.29, 0.717) is 11.1 Å². The molecule has 0 aliphatic rings. The van der Waals surface area contributed by atoms with Crippen molar-refractivity contribution in [2.24, 2.45) is 5.73 Å². The van der Waals surface area contributed by atoms with Crippen molar-refractivity contribution in [2.75, 3.05) is 0 Å². The summed E-state index contributed by atoms with van der Waals surface area (Å²) in [6.45, 7) is -0.0897. The number of ether oxygens (including phenoxy) is 1. The van der Waals surface area contributed by atoms with E-state index in [-0.39, 0.29) is 18.9 Å². The number of benzene rings is 2. The first-order valence-electron chi connectivity index (χ1n) is 6.18. The second-order valence-electron chi connectivity index (χ2n) is 4.42. The van der Waals surface area contributed by atoms with E-state index in [9.17, 15) is 17.6 Å². The molecule has 0 fully saturated rings. The molecule has 2 nitrogen and oxygen atoms in total. The average Bonchev–Trinajstić information content (AvgIpc) is 2.45. The van der Waals surface area contributed by atoms with Crippen LogP contribution in [0.2, 0.25) is 0 Å². The van der Waals surface area contributed by atoms with E-state index in [4.69, 9.17) is 10.5 Å². The predicted molar refractivity (Wildman–Crippen MR) is 70.1 cm³/mol. The van der Waals surface area contributed by atoms with Gasteiger partial charge in [-0.25, -0.2) is 4.39 Å². The monoisotopic (exact) mass is 299 g/mol. The minimum Gasteiger partial charge on any atom is -0.485 e. The largest absolute Gasteiger partial charge is 0.485 e. The molecule has 0 unspecified atom stereocenters. The molecule has 0 atom stereocenters. The summed E-state index contributed by atoms with van der Waals surface area (Å²) in [5.74, 6) is -0.623. The van der Waals surface area contributed by atoms with Crippen molar-refractivity contribution in [1.82, 2.24) is 0 Å². The van der Waals surface area contributed by atoms with Gasteiger partial charge in [-0.05, 0) is 23.8 Å². The van der Waals surface area contributed by atoms with Crippen LogP contribution >= 0.6 is 0 Å². The minimum absolute atomic E-state index is 0.0302. The Kier molecular flexibility index (Phi) is 4.47. The lowest BCUT2D eigenvalue weighted by Crippen LogP contribution is -2.07. The highest BCUT2D eigenvalue weighted by molar-refractivity contribution is 5.35. The van der Waals surface area contributed by atoms with Gasteiger partial charge in [-0.1, -0.05) is 24.3 Å². The first-order chi connectivity index (χ1) is 9.91. The molecule has 0 radical (unpaired) electrons. The molecule has 0 saturated carbocycles. The van der Waals surface area contributed by atoms with Crippen molar-refractivity contribution in [3.8, 4) is 5.75 Å². The first-order valence-corrected chi connectivity index (χ1v) is 6.18. The molecule has 2 aromatic carbocycles. The molecule has 2 rings (SSSR count). The van der Waals surface area contributed by atoms with Crippen molar-refractivity contribution in [2.45, 2.75) is 19.3 Å². The van der Waals surface area contributed by atoms with Crippen molar-refractivity contribution in [3.63, 3.8) is 0 Å². The summed E-state index contributed by atoms with van der Waals surface area (Å²) in [6, 6.07) is 9.02. The molecule has 2 N–H and O–H groups in total. The summed E-state index contributed by atoms with van der Waals surface area (Å²) in [7, 11) is 0. The second kappa shape index (κ2) is 6.13. The van der Waals surface area contributed by atoms with Gasteiger partial charge in [0.15, 0.2) is 11.6 Å². The molecule has 0 spiro atoms. The van der Waals surface area contributed by atoms with E-state index in [2.05, 4.69) is 0 Å². The number of rotatable bonds is 4. The third-order valence-corrected chi connectivity index (χ3v) is 2.91. The molecule has 0 bridgehead atoms. The van der Waals surface area contributed by atoms with Crippen LogP contribution in [-0.4, -0.2) is 0 Å². The molecule has 0 amide bonds. The summed E-state index contributed by atoms with van der Waals surface area (Å²) < 4.78 is 56.7. The normalized spacial score (nSPS) is 11.5. The maximum absolute atomic E-state index is 13.6. The van der Waals surface area contributed by atoms with Crippen LogP contribution in [0.1, 0.15) is 16.7 Å². The van der Waals surface area contributed by atoms with Crippen LogP contribution in [0.15, 0.2) is 42.5 Å². The van der Waals surface area contributed by atoms with Gasteiger partial charge in [-0.15, -0.1) is 0 Å². The van der Waals surface area contributed by atoms with Crippen molar-refractivity contribution >= 4 is 0 Å². The third-order valence-electron chi connectivity index (χ3n) is 2.91. The Morgan fingerprint density at radius 2 is 1.76 bits per heavy atom. The van der Waals surface area contributed by atoms with E-state index >= 15 is 0 Å². The van der Waals surface area contributed by atoms with E-state index in [1.165, 1.54) is 24.3 Å². The number of alkyl halides is 3. The quantitative estimate of drug-likeness (QED) is 0.870. The molecule has 2 aromatic rings. The zero-order chi connectivity index (χ0) is 15.5. The minimum atomic E-state index is -4.42. The van der Waals surface area contributed by atoms with Gasteiger partial charge in [-0.2, -0.15) is 13.2 Å². The van der Waals surface area contributed by atoms with Crippen LogP contribution < -0.4 is 10.5 Å². The van der Waals surface area contributed by atoms with E-state index in [1.54, 1.807) is 6.07 Å². The number of nitrogens with two attached hydrogens (primary N) is 1. The van der Waals surface area contributed by atoms with Gasteiger partial charge < -0.3 is 10.5 Å². The Morgan fingerprint density at radius 1 is 1.05 bits per heavy atom. The highest BCUT2D eigenvalue weighted by atomic mass is 19.4. The van der Waals surface area contributed by atoms with Crippen LogP contribution in [0.25, 0.3) is 0 Å². The fourth-order valence-electron chi connectivity index (χ4n) is 1.87. The van der Waals surface area contributed by atoms with Crippen LogP contribution in [-0.2, 0) is 19.3 Å². The topological polar surface area (TPSA) is 35.2 Å². The summed E-state index contributed by atoms with van der Waals surface area (Å²) in [6.07, 6.45) is -4.42. The SMILES string of the molecule is NCc1cccc(F)c1OCc1cccc(C(F)(F)F)c1. The fourth-order valence-corrected chi connectivity index (χ4v) is 1.87. The first kappa shape index (κ1) is 15.3.